The first kappa shape index (κ1) is 15.0. The number of nitrogens with zero attached hydrogens (tertiary/aromatic N) is 1. The van der Waals surface area contributed by atoms with E-state index in [-0.39, 0.29) is 11.5 Å². The van der Waals surface area contributed by atoms with E-state index in [0.29, 0.717) is 12.5 Å². The average Bonchev–Trinajstić information content (AvgIpc) is 2.42. The Kier molecular flexibility index (Phi) is 5.81. The number of nitriles is 1. The number of carbonyl (C=O) groups is 1. The molecule has 1 aromatic carbocycles. The summed E-state index contributed by atoms with van der Waals surface area (Å²) in [5.41, 5.74) is 2.25. The van der Waals surface area contributed by atoms with Gasteiger partial charge in [-0.25, -0.2) is 0 Å². The Bertz CT molecular complexity index is 492. The molecule has 0 aromatic heterocycles. The minimum atomic E-state index is -0.308. The minimum absolute atomic E-state index is 0.144. The quantitative estimate of drug-likeness (QED) is 0.649. The zero-order chi connectivity index (χ0) is 14.3. The fraction of sp³-hybridized carbons (Fsp3) is 0.375. The summed E-state index contributed by atoms with van der Waals surface area (Å²) in [5.74, 6) is 0.165. The maximum Gasteiger partial charge on any atom is 0.261 e. The topological polar surface area (TPSA) is 52.9 Å². The molecule has 0 unspecified atom stereocenters. The molecule has 0 fully saturated rings. The van der Waals surface area contributed by atoms with Gasteiger partial charge in [0.05, 0.1) is 0 Å². The molecule has 0 saturated heterocycles. The predicted octanol–water partition coefficient (Wildman–Crippen LogP) is 3.24. The molecule has 0 aliphatic rings. The first-order chi connectivity index (χ1) is 9.08. The van der Waals surface area contributed by atoms with Gasteiger partial charge in [-0.05, 0) is 29.5 Å². The van der Waals surface area contributed by atoms with Gasteiger partial charge in [-0.1, -0.05) is 45.0 Å². The lowest BCUT2D eigenvalue weighted by atomic mass is 10.0. The molecule has 3 nitrogen and oxygen atoms in total. The van der Waals surface area contributed by atoms with Gasteiger partial charge in [0.15, 0.2) is 0 Å². The second kappa shape index (κ2) is 7.38. The summed E-state index contributed by atoms with van der Waals surface area (Å²) in [5, 5.41) is 11.7. The molecule has 100 valence electrons. The maximum atomic E-state index is 11.7. The van der Waals surface area contributed by atoms with Crippen molar-refractivity contribution in [2.45, 2.75) is 33.1 Å². The van der Waals surface area contributed by atoms with Crippen molar-refractivity contribution < 1.29 is 4.79 Å². The number of hydrogen-bond acceptors (Lipinski definition) is 2. The summed E-state index contributed by atoms with van der Waals surface area (Å²) < 4.78 is 0. The number of nitrogens with one attached hydrogen (secondary N) is 1. The van der Waals surface area contributed by atoms with Crippen LogP contribution in [0.25, 0.3) is 6.08 Å². The van der Waals surface area contributed by atoms with Gasteiger partial charge in [0, 0.05) is 6.54 Å². The Labute approximate surface area is 114 Å². The third kappa shape index (κ3) is 4.59. The Morgan fingerprint density at radius 1 is 1.37 bits per heavy atom. The van der Waals surface area contributed by atoms with Gasteiger partial charge in [0.1, 0.15) is 11.6 Å². The van der Waals surface area contributed by atoms with Crippen LogP contribution >= 0.6 is 0 Å². The van der Waals surface area contributed by atoms with E-state index in [1.165, 1.54) is 5.56 Å². The Morgan fingerprint density at radius 3 is 2.47 bits per heavy atom. The van der Waals surface area contributed by atoms with Crippen LogP contribution in [-0.2, 0) is 4.79 Å². The summed E-state index contributed by atoms with van der Waals surface area (Å²) >= 11 is 0. The highest BCUT2D eigenvalue weighted by Crippen LogP contribution is 2.16. The molecule has 0 atom stereocenters. The van der Waals surface area contributed by atoms with Crippen LogP contribution in [0.4, 0.5) is 0 Å². The number of benzene rings is 1. The smallest absolute Gasteiger partial charge is 0.261 e. The molecular weight excluding hydrogens is 236 g/mol. The second-order valence-electron chi connectivity index (χ2n) is 4.75. The molecule has 0 aliphatic carbocycles. The highest BCUT2D eigenvalue weighted by atomic mass is 16.1. The lowest BCUT2D eigenvalue weighted by Gasteiger charge is -2.05. The maximum absolute atomic E-state index is 11.7. The monoisotopic (exact) mass is 256 g/mol. The second-order valence-corrected chi connectivity index (χ2v) is 4.75. The van der Waals surface area contributed by atoms with Crippen LogP contribution in [0.5, 0.6) is 0 Å². The summed E-state index contributed by atoms with van der Waals surface area (Å²) in [6.07, 6.45) is 2.47. The highest BCUT2D eigenvalue weighted by Gasteiger charge is 2.07. The van der Waals surface area contributed by atoms with E-state index in [1.807, 2.05) is 37.3 Å². The van der Waals surface area contributed by atoms with Gasteiger partial charge < -0.3 is 5.32 Å². The van der Waals surface area contributed by atoms with Gasteiger partial charge in [0.2, 0.25) is 0 Å². The minimum Gasteiger partial charge on any atom is -0.351 e. The molecular formula is C16H20N2O. The van der Waals surface area contributed by atoms with E-state index >= 15 is 0 Å². The Morgan fingerprint density at radius 2 is 2.00 bits per heavy atom. The molecule has 0 bridgehead atoms. The van der Waals surface area contributed by atoms with E-state index in [9.17, 15) is 4.79 Å². The predicted molar refractivity (Wildman–Crippen MR) is 77.4 cm³/mol. The standard InChI is InChI=1S/C16H20N2O/c1-4-9-18-16(19)15(11-17)10-13-5-7-14(8-6-13)12(2)3/h5-8,10,12H,4,9H2,1-3H3,(H,18,19)/b15-10-. The van der Waals surface area contributed by atoms with Crippen LogP contribution < -0.4 is 5.32 Å². The lowest BCUT2D eigenvalue weighted by Crippen LogP contribution is -2.25. The number of carbonyl (C=O) groups excluding carboxylic acids is 1. The van der Waals surface area contributed by atoms with E-state index in [1.54, 1.807) is 6.08 Å². The normalized spacial score (nSPS) is 11.2. The molecule has 0 saturated carbocycles. The summed E-state index contributed by atoms with van der Waals surface area (Å²) in [4.78, 5) is 11.7. The van der Waals surface area contributed by atoms with Crippen molar-refractivity contribution in [2.75, 3.05) is 6.54 Å². The van der Waals surface area contributed by atoms with Gasteiger partial charge >= 0.3 is 0 Å². The average molecular weight is 256 g/mol. The third-order valence-electron chi connectivity index (χ3n) is 2.81. The largest absolute Gasteiger partial charge is 0.351 e. The molecule has 1 N–H and O–H groups in total. The van der Waals surface area contributed by atoms with E-state index in [4.69, 9.17) is 5.26 Å². The fourth-order valence-electron chi connectivity index (χ4n) is 1.63. The van der Waals surface area contributed by atoms with Crippen molar-refractivity contribution in [3.63, 3.8) is 0 Å². The zero-order valence-electron chi connectivity index (χ0n) is 11.7. The van der Waals surface area contributed by atoms with Gasteiger partial charge in [-0.2, -0.15) is 5.26 Å². The van der Waals surface area contributed by atoms with Crippen LogP contribution in [0.1, 0.15) is 44.2 Å². The molecule has 0 heterocycles. The van der Waals surface area contributed by atoms with E-state index < -0.39 is 0 Å². The van der Waals surface area contributed by atoms with Crippen molar-refractivity contribution in [3.8, 4) is 6.07 Å². The number of hydrogen-bond donors (Lipinski definition) is 1. The van der Waals surface area contributed by atoms with Gasteiger partial charge in [-0.15, -0.1) is 0 Å². The van der Waals surface area contributed by atoms with Crippen LogP contribution in [0.15, 0.2) is 29.8 Å². The Hall–Kier alpha value is -2.08. The number of rotatable bonds is 5. The van der Waals surface area contributed by atoms with E-state index in [0.717, 1.165) is 12.0 Å². The molecule has 3 heteroatoms. The van der Waals surface area contributed by atoms with Crippen molar-refractivity contribution in [1.82, 2.24) is 5.32 Å². The van der Waals surface area contributed by atoms with Crippen LogP contribution in [0.2, 0.25) is 0 Å². The molecule has 0 aliphatic heterocycles. The first-order valence-corrected chi connectivity index (χ1v) is 6.58. The van der Waals surface area contributed by atoms with Crippen molar-refractivity contribution in [1.29, 1.82) is 5.26 Å². The number of amides is 1. The summed E-state index contributed by atoms with van der Waals surface area (Å²) in [6, 6.07) is 9.85. The fourth-order valence-corrected chi connectivity index (χ4v) is 1.63. The van der Waals surface area contributed by atoms with Crippen LogP contribution in [0.3, 0.4) is 0 Å². The van der Waals surface area contributed by atoms with Gasteiger partial charge in [-0.3, -0.25) is 4.79 Å². The van der Waals surface area contributed by atoms with Crippen molar-refractivity contribution in [2.24, 2.45) is 0 Å². The summed E-state index contributed by atoms with van der Waals surface area (Å²) in [7, 11) is 0. The molecule has 1 aromatic rings. The zero-order valence-corrected chi connectivity index (χ0v) is 11.7. The van der Waals surface area contributed by atoms with Gasteiger partial charge in [0.25, 0.3) is 5.91 Å². The third-order valence-corrected chi connectivity index (χ3v) is 2.81. The SMILES string of the molecule is CCCNC(=O)/C(C#N)=C\c1ccc(C(C)C)cc1. The molecule has 0 spiro atoms. The van der Waals surface area contributed by atoms with Crippen molar-refractivity contribution in [3.05, 3.63) is 41.0 Å². The van der Waals surface area contributed by atoms with Crippen LogP contribution in [0, 0.1) is 11.3 Å². The molecule has 1 amide bonds. The van der Waals surface area contributed by atoms with Crippen LogP contribution in [-0.4, -0.2) is 12.5 Å². The van der Waals surface area contributed by atoms with Crippen molar-refractivity contribution >= 4 is 12.0 Å². The lowest BCUT2D eigenvalue weighted by molar-refractivity contribution is -0.117. The van der Waals surface area contributed by atoms with E-state index in [2.05, 4.69) is 19.2 Å². The Balaban J connectivity index is 2.86. The molecule has 0 radical (unpaired) electrons. The highest BCUT2D eigenvalue weighted by molar-refractivity contribution is 6.01. The summed E-state index contributed by atoms with van der Waals surface area (Å²) in [6.45, 7) is 6.82. The molecule has 1 rings (SSSR count). The first-order valence-electron chi connectivity index (χ1n) is 6.58. The molecule has 19 heavy (non-hydrogen) atoms.